The number of urea groups is 1. The topological polar surface area (TPSA) is 37.3 Å². The Morgan fingerprint density at radius 2 is 1.85 bits per heavy atom. The summed E-state index contributed by atoms with van der Waals surface area (Å²) in [6, 6.07) is 19.0. The Balaban J connectivity index is 1.63. The lowest BCUT2D eigenvalue weighted by Gasteiger charge is -2.37. The van der Waals surface area contributed by atoms with Crippen molar-refractivity contribution in [2.45, 2.75) is 19.1 Å². The maximum Gasteiger partial charge on any atom is 0.318 e. The molecule has 4 rings (SSSR count). The first kappa shape index (κ1) is 18.0. The van der Waals surface area contributed by atoms with Crippen molar-refractivity contribution in [3.05, 3.63) is 93.7 Å². The molecule has 4 nitrogen and oxygen atoms in total. The minimum Gasteiger partial charge on any atom is -0.348 e. The molecule has 1 aromatic heterocycles. The van der Waals surface area contributed by atoms with Crippen LogP contribution in [0.4, 0.5) is 4.79 Å². The highest BCUT2D eigenvalue weighted by molar-refractivity contribution is 6.35. The molecule has 2 aromatic carbocycles. The van der Waals surface area contributed by atoms with E-state index in [0.29, 0.717) is 23.1 Å². The Labute approximate surface area is 168 Å². The summed E-state index contributed by atoms with van der Waals surface area (Å²) in [7, 11) is 0. The van der Waals surface area contributed by atoms with Gasteiger partial charge in [0.15, 0.2) is 0 Å². The highest BCUT2D eigenvalue weighted by Gasteiger charge is 2.33. The third-order valence-electron chi connectivity index (χ3n) is 4.84. The zero-order valence-corrected chi connectivity index (χ0v) is 16.1. The van der Waals surface area contributed by atoms with Gasteiger partial charge >= 0.3 is 6.03 Å². The average Bonchev–Trinajstić information content (AvgIpc) is 3.15. The Bertz CT molecular complexity index is 955. The molecule has 0 aliphatic carbocycles. The Morgan fingerprint density at radius 3 is 2.63 bits per heavy atom. The molecule has 2 heterocycles. The van der Waals surface area contributed by atoms with Crippen molar-refractivity contribution in [3.63, 3.8) is 0 Å². The van der Waals surface area contributed by atoms with Crippen LogP contribution in [0.2, 0.25) is 10.0 Å². The Kier molecular flexibility index (Phi) is 5.10. The smallest absolute Gasteiger partial charge is 0.318 e. The largest absolute Gasteiger partial charge is 0.348 e. The third kappa shape index (κ3) is 3.68. The normalized spacial score (nSPS) is 16.1. The van der Waals surface area contributed by atoms with Crippen LogP contribution in [-0.4, -0.2) is 22.0 Å². The van der Waals surface area contributed by atoms with Gasteiger partial charge in [0.05, 0.1) is 0 Å². The van der Waals surface area contributed by atoms with Gasteiger partial charge in [-0.1, -0.05) is 59.6 Å². The lowest BCUT2D eigenvalue weighted by atomic mass is 10.00. The Hall–Kier alpha value is -2.43. The van der Waals surface area contributed by atoms with Gasteiger partial charge in [-0.3, -0.25) is 0 Å². The fourth-order valence-electron chi connectivity index (χ4n) is 3.53. The van der Waals surface area contributed by atoms with E-state index in [9.17, 15) is 4.79 Å². The molecule has 3 aromatic rings. The van der Waals surface area contributed by atoms with E-state index >= 15 is 0 Å². The molecule has 2 amide bonds. The summed E-state index contributed by atoms with van der Waals surface area (Å²) in [6.07, 6.45) is 2.03. The summed E-state index contributed by atoms with van der Waals surface area (Å²) < 4.78 is 2.16. The molecule has 1 aliphatic heterocycles. The molecule has 27 heavy (non-hydrogen) atoms. The van der Waals surface area contributed by atoms with Gasteiger partial charge in [0.2, 0.25) is 0 Å². The van der Waals surface area contributed by atoms with E-state index in [1.54, 1.807) is 6.07 Å². The first-order valence-electron chi connectivity index (χ1n) is 8.82. The van der Waals surface area contributed by atoms with Crippen LogP contribution in [0.25, 0.3) is 0 Å². The van der Waals surface area contributed by atoms with Crippen molar-refractivity contribution in [1.29, 1.82) is 0 Å². The molecule has 0 fully saturated rings. The van der Waals surface area contributed by atoms with Gasteiger partial charge in [-0.15, -0.1) is 0 Å². The van der Waals surface area contributed by atoms with Gasteiger partial charge in [0.1, 0.15) is 6.04 Å². The summed E-state index contributed by atoms with van der Waals surface area (Å²) in [5, 5.41) is 4.17. The molecule has 0 bridgehead atoms. The molecule has 0 saturated heterocycles. The quantitative estimate of drug-likeness (QED) is 0.652. The van der Waals surface area contributed by atoms with E-state index in [-0.39, 0.29) is 12.1 Å². The molecule has 6 heteroatoms. The summed E-state index contributed by atoms with van der Waals surface area (Å²) in [6.45, 7) is 1.84. The predicted molar refractivity (Wildman–Crippen MR) is 108 cm³/mol. The number of aromatic nitrogens is 1. The third-order valence-corrected chi connectivity index (χ3v) is 5.41. The number of halogens is 2. The summed E-state index contributed by atoms with van der Waals surface area (Å²) in [4.78, 5) is 14.8. The summed E-state index contributed by atoms with van der Waals surface area (Å²) >= 11 is 12.6. The van der Waals surface area contributed by atoms with Gasteiger partial charge in [0.25, 0.3) is 0 Å². The summed E-state index contributed by atoms with van der Waals surface area (Å²) in [5.74, 6) is 0. The van der Waals surface area contributed by atoms with Crippen LogP contribution >= 0.6 is 23.2 Å². The monoisotopic (exact) mass is 399 g/mol. The Morgan fingerprint density at radius 1 is 1.04 bits per heavy atom. The van der Waals surface area contributed by atoms with Gasteiger partial charge in [-0.25, -0.2) is 4.79 Å². The van der Waals surface area contributed by atoms with Crippen LogP contribution in [-0.2, 0) is 13.1 Å². The van der Waals surface area contributed by atoms with Crippen molar-refractivity contribution in [3.8, 4) is 0 Å². The number of nitrogens with zero attached hydrogens (tertiary/aromatic N) is 2. The van der Waals surface area contributed by atoms with Crippen LogP contribution in [0, 0.1) is 0 Å². The van der Waals surface area contributed by atoms with Crippen molar-refractivity contribution in [2.24, 2.45) is 0 Å². The maximum atomic E-state index is 13.0. The van der Waals surface area contributed by atoms with Crippen LogP contribution < -0.4 is 5.32 Å². The van der Waals surface area contributed by atoms with E-state index in [2.05, 4.69) is 9.88 Å². The molecular formula is C21H19Cl2N3O. The number of benzene rings is 2. The zero-order valence-electron chi connectivity index (χ0n) is 14.6. The minimum absolute atomic E-state index is 0.109. The highest BCUT2D eigenvalue weighted by atomic mass is 35.5. The number of carbonyl (C=O) groups excluding carboxylic acids is 1. The number of fused-ring (bicyclic) bond motifs is 1. The molecular weight excluding hydrogens is 381 g/mol. The van der Waals surface area contributed by atoms with E-state index in [1.807, 2.05) is 65.7 Å². The van der Waals surface area contributed by atoms with Crippen molar-refractivity contribution in [1.82, 2.24) is 14.8 Å². The van der Waals surface area contributed by atoms with Gasteiger partial charge < -0.3 is 14.8 Å². The van der Waals surface area contributed by atoms with Crippen LogP contribution in [0.1, 0.15) is 22.9 Å². The number of hydrogen-bond donors (Lipinski definition) is 1. The van der Waals surface area contributed by atoms with E-state index in [0.717, 1.165) is 23.4 Å². The molecule has 1 unspecified atom stereocenters. The average molecular weight is 400 g/mol. The maximum absolute atomic E-state index is 13.0. The van der Waals surface area contributed by atoms with E-state index in [4.69, 9.17) is 23.2 Å². The first-order valence-corrected chi connectivity index (χ1v) is 9.57. The number of amides is 2. The van der Waals surface area contributed by atoms with Crippen molar-refractivity contribution >= 4 is 29.2 Å². The number of hydrogen-bond acceptors (Lipinski definition) is 1. The molecule has 0 radical (unpaired) electrons. The molecule has 0 spiro atoms. The van der Waals surface area contributed by atoms with Gasteiger partial charge in [-0.2, -0.15) is 0 Å². The predicted octanol–water partition coefficient (Wildman–Crippen LogP) is 5.11. The summed E-state index contributed by atoms with van der Waals surface area (Å²) in [5.41, 5.74) is 2.98. The van der Waals surface area contributed by atoms with Crippen molar-refractivity contribution < 1.29 is 4.79 Å². The fourth-order valence-corrected chi connectivity index (χ4v) is 4.04. The lowest BCUT2D eigenvalue weighted by Crippen LogP contribution is -2.47. The second-order valence-electron chi connectivity index (χ2n) is 6.53. The number of nitrogens with one attached hydrogen (secondary N) is 1. The van der Waals surface area contributed by atoms with E-state index < -0.39 is 0 Å². The van der Waals surface area contributed by atoms with E-state index in [1.165, 1.54) is 0 Å². The fraction of sp³-hybridized carbons (Fsp3) is 0.190. The molecule has 0 saturated carbocycles. The van der Waals surface area contributed by atoms with Crippen LogP contribution in [0.5, 0.6) is 0 Å². The lowest BCUT2D eigenvalue weighted by molar-refractivity contribution is 0.168. The molecule has 1 aliphatic rings. The SMILES string of the molecule is O=C(NCc1ccccc1)N1CCn2cccc2C1c1ccc(Cl)cc1Cl. The second-order valence-corrected chi connectivity index (χ2v) is 7.38. The molecule has 1 atom stereocenters. The van der Waals surface area contributed by atoms with Crippen LogP contribution in [0.3, 0.4) is 0 Å². The minimum atomic E-state index is -0.255. The standard InChI is InChI=1S/C21H19Cl2N3O/c22-16-8-9-17(18(23)13-16)20-19-7-4-10-25(19)11-12-26(20)21(27)24-14-15-5-2-1-3-6-15/h1-10,13,20H,11-12,14H2,(H,24,27). The first-order chi connectivity index (χ1) is 13.1. The van der Waals surface area contributed by atoms with Crippen LogP contribution in [0.15, 0.2) is 66.9 Å². The highest BCUT2D eigenvalue weighted by Crippen LogP contribution is 2.37. The molecule has 1 N–H and O–H groups in total. The number of rotatable bonds is 3. The second kappa shape index (κ2) is 7.67. The van der Waals surface area contributed by atoms with Gasteiger partial charge in [0, 0.05) is 41.6 Å². The van der Waals surface area contributed by atoms with Crippen molar-refractivity contribution in [2.75, 3.05) is 6.54 Å². The number of carbonyl (C=O) groups is 1. The molecule has 138 valence electrons. The zero-order chi connectivity index (χ0) is 18.8. The van der Waals surface area contributed by atoms with Gasteiger partial charge in [-0.05, 0) is 35.4 Å².